The smallest absolute Gasteiger partial charge is 0.362 e. The summed E-state index contributed by atoms with van der Waals surface area (Å²) in [6.45, 7) is 3.36. The fourth-order valence-electron chi connectivity index (χ4n) is 1.80. The quantitative estimate of drug-likeness (QED) is 0.863. The molecule has 1 atom stereocenters. The monoisotopic (exact) mass is 241 g/mol. The summed E-state index contributed by atoms with van der Waals surface area (Å²) in [7, 11) is 0. The van der Waals surface area contributed by atoms with Crippen molar-refractivity contribution >= 4 is 5.97 Å². The maximum atomic E-state index is 11.0. The van der Waals surface area contributed by atoms with Gasteiger partial charge in [0.15, 0.2) is 0 Å². The van der Waals surface area contributed by atoms with Crippen LogP contribution in [-0.2, 0) is 4.74 Å². The summed E-state index contributed by atoms with van der Waals surface area (Å²) in [6, 6.07) is 0. The molecule has 1 unspecified atom stereocenters. The Morgan fingerprint density at radius 3 is 3.06 bits per heavy atom. The van der Waals surface area contributed by atoms with Crippen LogP contribution >= 0.6 is 0 Å². The lowest BCUT2D eigenvalue weighted by Crippen LogP contribution is -2.15. The largest absolute Gasteiger partial charge is 0.476 e. The van der Waals surface area contributed by atoms with Crippen LogP contribution in [0.2, 0.25) is 0 Å². The fourth-order valence-corrected chi connectivity index (χ4v) is 1.80. The molecule has 0 aromatic carbocycles. The van der Waals surface area contributed by atoms with Gasteiger partial charge in [-0.2, -0.15) is 0 Å². The summed E-state index contributed by atoms with van der Waals surface area (Å²) in [5, 5.41) is 8.97. The average Bonchev–Trinajstić information content (AvgIpc) is 2.75. The molecular weight excluding hydrogens is 226 g/mol. The highest BCUT2D eigenvalue weighted by atomic mass is 16.6. The molecule has 6 heteroatoms. The number of nitrogens with zero attached hydrogens (tertiary/aromatic N) is 1. The van der Waals surface area contributed by atoms with Gasteiger partial charge in [0.2, 0.25) is 11.6 Å². The first-order valence-corrected chi connectivity index (χ1v) is 5.67. The second-order valence-corrected chi connectivity index (χ2v) is 3.84. The van der Waals surface area contributed by atoms with E-state index in [4.69, 9.17) is 19.0 Å². The van der Waals surface area contributed by atoms with E-state index in [0.717, 1.165) is 19.4 Å². The van der Waals surface area contributed by atoms with Crippen LogP contribution in [0.5, 0.6) is 5.95 Å². The molecule has 1 aliphatic rings. The molecule has 1 aromatic rings. The first-order valence-electron chi connectivity index (χ1n) is 5.67. The van der Waals surface area contributed by atoms with Crippen molar-refractivity contribution in [2.24, 2.45) is 0 Å². The number of aromatic nitrogens is 1. The van der Waals surface area contributed by atoms with Crippen LogP contribution in [0.25, 0.3) is 0 Å². The Labute approximate surface area is 98.5 Å². The molecule has 1 N–H and O–H groups in total. The molecule has 1 aromatic heterocycles. The third-order valence-electron chi connectivity index (χ3n) is 2.60. The van der Waals surface area contributed by atoms with Crippen LogP contribution in [0.4, 0.5) is 0 Å². The number of ether oxygens (including phenoxy) is 2. The van der Waals surface area contributed by atoms with Gasteiger partial charge in [-0.1, -0.05) is 0 Å². The van der Waals surface area contributed by atoms with Crippen molar-refractivity contribution in [1.82, 2.24) is 4.98 Å². The summed E-state index contributed by atoms with van der Waals surface area (Å²) in [4.78, 5) is 14.9. The summed E-state index contributed by atoms with van der Waals surface area (Å²) < 4.78 is 15.8. The highest BCUT2D eigenvalue weighted by Crippen LogP contribution is 2.29. The third kappa shape index (κ3) is 2.58. The molecule has 0 spiro atoms. The Bertz CT molecular complexity index is 395. The standard InChI is InChI=1S/C11H15NO5/c1-2-16-11-8(10(13)14)12-9(17-11)7-4-3-5-15-6-7/h7H,2-6H2,1H3,(H,13,14). The van der Waals surface area contributed by atoms with Gasteiger partial charge in [0.1, 0.15) is 0 Å². The maximum absolute atomic E-state index is 11.0. The average molecular weight is 241 g/mol. The molecule has 1 saturated heterocycles. The van der Waals surface area contributed by atoms with Crippen molar-refractivity contribution in [2.75, 3.05) is 19.8 Å². The molecular formula is C11H15NO5. The van der Waals surface area contributed by atoms with E-state index in [9.17, 15) is 4.79 Å². The van der Waals surface area contributed by atoms with E-state index in [1.54, 1.807) is 6.92 Å². The number of carbonyl (C=O) groups is 1. The predicted molar refractivity (Wildman–Crippen MR) is 57.4 cm³/mol. The molecule has 6 nitrogen and oxygen atoms in total. The molecule has 94 valence electrons. The van der Waals surface area contributed by atoms with Crippen LogP contribution in [0.15, 0.2) is 4.42 Å². The van der Waals surface area contributed by atoms with E-state index in [2.05, 4.69) is 4.98 Å². The van der Waals surface area contributed by atoms with E-state index in [1.165, 1.54) is 0 Å². The summed E-state index contributed by atoms with van der Waals surface area (Å²) in [6.07, 6.45) is 1.82. The van der Waals surface area contributed by atoms with Gasteiger partial charge in [-0.25, -0.2) is 9.78 Å². The van der Waals surface area contributed by atoms with Crippen molar-refractivity contribution < 1.29 is 23.8 Å². The van der Waals surface area contributed by atoms with Crippen molar-refractivity contribution in [3.05, 3.63) is 11.6 Å². The lowest BCUT2D eigenvalue weighted by molar-refractivity contribution is 0.0683. The predicted octanol–water partition coefficient (Wildman–Crippen LogP) is 1.67. The van der Waals surface area contributed by atoms with Crippen molar-refractivity contribution in [3.8, 4) is 5.95 Å². The van der Waals surface area contributed by atoms with E-state index >= 15 is 0 Å². The molecule has 0 aliphatic carbocycles. The Morgan fingerprint density at radius 1 is 1.65 bits per heavy atom. The summed E-state index contributed by atoms with van der Waals surface area (Å²) in [5.41, 5.74) is -0.160. The van der Waals surface area contributed by atoms with E-state index in [0.29, 0.717) is 19.1 Å². The van der Waals surface area contributed by atoms with Crippen molar-refractivity contribution in [1.29, 1.82) is 0 Å². The molecule has 0 saturated carbocycles. The van der Waals surface area contributed by atoms with Crippen LogP contribution in [0.3, 0.4) is 0 Å². The molecule has 0 bridgehead atoms. The van der Waals surface area contributed by atoms with Gasteiger partial charge < -0.3 is 19.0 Å². The van der Waals surface area contributed by atoms with E-state index < -0.39 is 5.97 Å². The number of oxazole rings is 1. The van der Waals surface area contributed by atoms with Gasteiger partial charge in [0, 0.05) is 6.61 Å². The number of hydrogen-bond donors (Lipinski definition) is 1. The van der Waals surface area contributed by atoms with Gasteiger partial charge >= 0.3 is 11.9 Å². The Kier molecular flexibility index (Phi) is 3.63. The van der Waals surface area contributed by atoms with Gasteiger partial charge in [0.05, 0.1) is 19.1 Å². The van der Waals surface area contributed by atoms with Crippen LogP contribution in [0, 0.1) is 0 Å². The minimum atomic E-state index is -1.14. The van der Waals surface area contributed by atoms with Crippen LogP contribution in [0.1, 0.15) is 42.1 Å². The van der Waals surface area contributed by atoms with Gasteiger partial charge in [-0.3, -0.25) is 0 Å². The zero-order chi connectivity index (χ0) is 12.3. The zero-order valence-corrected chi connectivity index (χ0v) is 9.64. The molecule has 2 heterocycles. The Hall–Kier alpha value is -1.56. The van der Waals surface area contributed by atoms with Gasteiger partial charge in [0.25, 0.3) is 0 Å². The summed E-state index contributed by atoms with van der Waals surface area (Å²) >= 11 is 0. The lowest BCUT2D eigenvalue weighted by Gasteiger charge is -2.18. The maximum Gasteiger partial charge on any atom is 0.362 e. The summed E-state index contributed by atoms with van der Waals surface area (Å²) in [5.74, 6) is -0.734. The highest BCUT2D eigenvalue weighted by Gasteiger charge is 2.27. The molecule has 0 radical (unpaired) electrons. The highest BCUT2D eigenvalue weighted by molar-refractivity contribution is 5.87. The minimum Gasteiger partial charge on any atom is -0.476 e. The minimum absolute atomic E-state index is 0.0134. The van der Waals surface area contributed by atoms with Crippen LogP contribution < -0.4 is 4.74 Å². The topological polar surface area (TPSA) is 81.8 Å². The molecule has 1 fully saturated rings. The Morgan fingerprint density at radius 2 is 2.47 bits per heavy atom. The van der Waals surface area contributed by atoms with Gasteiger partial charge in [-0.15, -0.1) is 0 Å². The lowest BCUT2D eigenvalue weighted by atomic mass is 10.0. The third-order valence-corrected chi connectivity index (χ3v) is 2.60. The number of aromatic carboxylic acids is 1. The second-order valence-electron chi connectivity index (χ2n) is 3.84. The van der Waals surface area contributed by atoms with E-state index in [-0.39, 0.29) is 17.6 Å². The number of carboxylic acids is 1. The normalized spacial score (nSPS) is 20.2. The first kappa shape index (κ1) is 11.9. The van der Waals surface area contributed by atoms with Crippen molar-refractivity contribution in [3.63, 3.8) is 0 Å². The fraction of sp³-hybridized carbons (Fsp3) is 0.636. The number of hydrogen-bond acceptors (Lipinski definition) is 5. The number of carboxylic acid groups (broad SMARTS) is 1. The Balaban J connectivity index is 2.22. The van der Waals surface area contributed by atoms with E-state index in [1.807, 2.05) is 0 Å². The zero-order valence-electron chi connectivity index (χ0n) is 9.64. The molecule has 2 rings (SSSR count). The van der Waals surface area contributed by atoms with Crippen LogP contribution in [-0.4, -0.2) is 35.9 Å². The molecule has 17 heavy (non-hydrogen) atoms. The molecule has 1 aliphatic heterocycles. The second kappa shape index (κ2) is 5.18. The van der Waals surface area contributed by atoms with Crippen molar-refractivity contribution in [2.45, 2.75) is 25.7 Å². The number of rotatable bonds is 4. The van der Waals surface area contributed by atoms with Gasteiger partial charge in [-0.05, 0) is 19.8 Å². The SMILES string of the molecule is CCOc1oc(C2CCCOC2)nc1C(=O)O. The molecule has 0 amide bonds. The first-order chi connectivity index (χ1) is 8.22.